The Morgan fingerprint density at radius 1 is 1.24 bits per heavy atom. The number of rotatable bonds is 5. The second-order valence-corrected chi connectivity index (χ2v) is 5.19. The summed E-state index contributed by atoms with van der Waals surface area (Å²) in [4.78, 5) is 3.32. The zero-order valence-electron chi connectivity index (χ0n) is 10.9. The van der Waals surface area contributed by atoms with Crippen molar-refractivity contribution in [1.29, 1.82) is 0 Å². The van der Waals surface area contributed by atoms with Gasteiger partial charge in [-0.3, -0.25) is 0 Å². The lowest BCUT2D eigenvalue weighted by molar-refractivity contribution is -0.908. The quantitative estimate of drug-likeness (QED) is 0.622. The Morgan fingerprint density at radius 2 is 2.00 bits per heavy atom. The van der Waals surface area contributed by atoms with E-state index in [9.17, 15) is 0 Å². The van der Waals surface area contributed by atoms with Gasteiger partial charge in [-0.1, -0.05) is 18.2 Å². The van der Waals surface area contributed by atoms with E-state index < -0.39 is 0 Å². The van der Waals surface area contributed by atoms with Gasteiger partial charge in [0.1, 0.15) is 0 Å². The maximum Gasteiger partial charge on any atom is 0.182 e. The van der Waals surface area contributed by atoms with Crippen molar-refractivity contribution in [3.8, 4) is 0 Å². The van der Waals surface area contributed by atoms with Crippen LogP contribution in [0.5, 0.6) is 0 Å². The molecule has 2 aromatic rings. The Hall–Kier alpha value is -1.32. The maximum atomic E-state index is 5.23. The lowest BCUT2D eigenvalue weighted by Crippen LogP contribution is -2.42. The average molecular weight is 233 g/mol. The van der Waals surface area contributed by atoms with Crippen LogP contribution >= 0.6 is 0 Å². The summed E-state index contributed by atoms with van der Waals surface area (Å²) in [7, 11) is 6.14. The first-order valence-corrected chi connectivity index (χ1v) is 5.98. The number of nitrogens with zero attached hydrogens (tertiary/aromatic N) is 1. The van der Waals surface area contributed by atoms with Gasteiger partial charge < -0.3 is 14.2 Å². The summed E-state index contributed by atoms with van der Waals surface area (Å²) in [5, 5.41) is 1.34. The SMILES string of the molecule is COC[N+](C)(C)CCc1c[nH]c2ccccc12. The Morgan fingerprint density at radius 3 is 2.76 bits per heavy atom. The minimum Gasteiger partial charge on any atom is -0.361 e. The molecule has 92 valence electrons. The number of H-pyrrole nitrogens is 1. The monoisotopic (exact) mass is 233 g/mol. The number of aromatic nitrogens is 1. The molecule has 0 saturated carbocycles. The molecule has 0 spiro atoms. The summed E-state index contributed by atoms with van der Waals surface area (Å²) in [5.74, 6) is 0. The number of hydrogen-bond donors (Lipinski definition) is 1. The standard InChI is InChI=1S/C14H21N2O/c1-16(2,11-17-3)9-8-12-10-15-14-7-5-4-6-13(12)14/h4-7,10,15H,8-9,11H2,1-3H3/q+1. The van der Waals surface area contributed by atoms with Gasteiger partial charge in [-0.05, 0) is 11.6 Å². The highest BCUT2D eigenvalue weighted by Crippen LogP contribution is 2.18. The number of para-hydroxylation sites is 1. The van der Waals surface area contributed by atoms with Crippen LogP contribution in [0.1, 0.15) is 5.56 Å². The molecule has 0 unspecified atom stereocenters. The molecular weight excluding hydrogens is 212 g/mol. The number of benzene rings is 1. The molecule has 0 aliphatic heterocycles. The fourth-order valence-electron chi connectivity index (χ4n) is 2.18. The molecule has 0 aliphatic carbocycles. The largest absolute Gasteiger partial charge is 0.361 e. The van der Waals surface area contributed by atoms with Gasteiger partial charge in [0.15, 0.2) is 6.73 Å². The molecule has 1 N–H and O–H groups in total. The van der Waals surface area contributed by atoms with Crippen molar-refractivity contribution >= 4 is 10.9 Å². The van der Waals surface area contributed by atoms with Gasteiger partial charge in [0, 0.05) is 30.6 Å². The first-order valence-electron chi connectivity index (χ1n) is 5.98. The van der Waals surface area contributed by atoms with E-state index in [0.29, 0.717) is 0 Å². The highest BCUT2D eigenvalue weighted by atomic mass is 16.5. The third-order valence-corrected chi connectivity index (χ3v) is 3.14. The van der Waals surface area contributed by atoms with Crippen molar-refractivity contribution in [2.75, 3.05) is 34.5 Å². The van der Waals surface area contributed by atoms with Crippen LogP contribution in [0.25, 0.3) is 10.9 Å². The number of hydrogen-bond acceptors (Lipinski definition) is 1. The van der Waals surface area contributed by atoms with Crippen molar-refractivity contribution in [2.24, 2.45) is 0 Å². The fourth-order valence-corrected chi connectivity index (χ4v) is 2.18. The van der Waals surface area contributed by atoms with Gasteiger partial charge in [-0.2, -0.15) is 0 Å². The third kappa shape index (κ3) is 2.87. The van der Waals surface area contributed by atoms with Crippen LogP contribution in [0.4, 0.5) is 0 Å². The van der Waals surface area contributed by atoms with Crippen LogP contribution in [0, 0.1) is 0 Å². The zero-order valence-corrected chi connectivity index (χ0v) is 10.9. The number of nitrogens with one attached hydrogen (secondary N) is 1. The van der Waals surface area contributed by atoms with Crippen LogP contribution in [-0.4, -0.2) is 43.9 Å². The van der Waals surface area contributed by atoms with Crippen LogP contribution in [0.2, 0.25) is 0 Å². The van der Waals surface area contributed by atoms with Crippen LogP contribution in [0.3, 0.4) is 0 Å². The lowest BCUT2D eigenvalue weighted by atomic mass is 10.1. The van der Waals surface area contributed by atoms with E-state index in [1.165, 1.54) is 16.5 Å². The molecule has 2 rings (SSSR count). The Labute approximate surface area is 103 Å². The molecule has 0 saturated heterocycles. The molecule has 0 fully saturated rings. The first-order chi connectivity index (χ1) is 8.12. The average Bonchev–Trinajstić information content (AvgIpc) is 2.70. The van der Waals surface area contributed by atoms with Gasteiger partial charge in [-0.25, -0.2) is 0 Å². The lowest BCUT2D eigenvalue weighted by Gasteiger charge is -2.28. The van der Waals surface area contributed by atoms with Crippen LogP contribution < -0.4 is 0 Å². The number of aromatic amines is 1. The summed E-state index contributed by atoms with van der Waals surface area (Å²) in [5.41, 5.74) is 2.61. The van der Waals surface area contributed by atoms with Crippen LogP contribution in [0.15, 0.2) is 30.5 Å². The molecule has 0 radical (unpaired) electrons. The molecule has 1 aromatic heterocycles. The molecule has 1 heterocycles. The van der Waals surface area contributed by atoms with E-state index in [2.05, 4.69) is 49.5 Å². The predicted molar refractivity (Wildman–Crippen MR) is 70.9 cm³/mol. The molecule has 3 nitrogen and oxygen atoms in total. The van der Waals surface area contributed by atoms with Crippen LogP contribution in [-0.2, 0) is 11.2 Å². The van der Waals surface area contributed by atoms with Crippen molar-refractivity contribution in [3.63, 3.8) is 0 Å². The number of ether oxygens (including phenoxy) is 1. The topological polar surface area (TPSA) is 25.0 Å². The van der Waals surface area contributed by atoms with Crippen molar-refractivity contribution < 1.29 is 9.22 Å². The van der Waals surface area contributed by atoms with Gasteiger partial charge in [-0.15, -0.1) is 0 Å². The summed E-state index contributed by atoms with van der Waals surface area (Å²) in [6, 6.07) is 8.45. The Bertz CT molecular complexity index is 488. The molecule has 0 atom stereocenters. The minimum absolute atomic E-state index is 0.752. The molecule has 17 heavy (non-hydrogen) atoms. The smallest absolute Gasteiger partial charge is 0.182 e. The molecule has 0 bridgehead atoms. The second kappa shape index (κ2) is 4.90. The highest BCUT2D eigenvalue weighted by molar-refractivity contribution is 5.82. The minimum atomic E-state index is 0.752. The van der Waals surface area contributed by atoms with Crippen molar-refractivity contribution in [2.45, 2.75) is 6.42 Å². The van der Waals surface area contributed by atoms with E-state index in [-0.39, 0.29) is 0 Å². The number of fused-ring (bicyclic) bond motifs is 1. The summed E-state index contributed by atoms with van der Waals surface area (Å²) >= 11 is 0. The first kappa shape index (κ1) is 12.1. The van der Waals surface area contributed by atoms with Crippen molar-refractivity contribution in [1.82, 2.24) is 4.98 Å². The predicted octanol–water partition coefficient (Wildman–Crippen LogP) is 2.39. The number of quaternary nitrogens is 1. The zero-order chi connectivity index (χ0) is 12.3. The summed E-state index contributed by atoms with van der Waals surface area (Å²) in [6.45, 7) is 1.83. The van der Waals surface area contributed by atoms with Gasteiger partial charge in [0.2, 0.25) is 0 Å². The molecular formula is C14H21N2O+. The normalized spacial score (nSPS) is 12.2. The van der Waals surface area contributed by atoms with E-state index in [4.69, 9.17) is 4.74 Å². The summed E-state index contributed by atoms with van der Waals surface area (Å²) in [6.07, 6.45) is 3.19. The molecule has 0 aliphatic rings. The second-order valence-electron chi connectivity index (χ2n) is 5.19. The number of likely N-dealkylation sites (N-methyl/N-ethyl adjacent to an activating group) is 1. The highest BCUT2D eigenvalue weighted by Gasteiger charge is 2.15. The Balaban J connectivity index is 2.09. The van der Waals surface area contributed by atoms with Crippen molar-refractivity contribution in [3.05, 3.63) is 36.0 Å². The van der Waals surface area contributed by atoms with E-state index in [1.807, 2.05) is 0 Å². The van der Waals surface area contributed by atoms with Gasteiger partial charge in [0.25, 0.3) is 0 Å². The summed E-state index contributed by atoms with van der Waals surface area (Å²) < 4.78 is 6.11. The molecule has 3 heteroatoms. The Kier molecular flexibility index (Phi) is 3.50. The van der Waals surface area contributed by atoms with E-state index >= 15 is 0 Å². The fraction of sp³-hybridized carbons (Fsp3) is 0.429. The van der Waals surface area contributed by atoms with Gasteiger partial charge in [0.05, 0.1) is 20.6 Å². The van der Waals surface area contributed by atoms with Gasteiger partial charge >= 0.3 is 0 Å². The number of methoxy groups -OCH3 is 1. The third-order valence-electron chi connectivity index (χ3n) is 3.14. The maximum absolute atomic E-state index is 5.23. The van der Waals surface area contributed by atoms with E-state index in [0.717, 1.165) is 24.2 Å². The van der Waals surface area contributed by atoms with E-state index in [1.54, 1.807) is 7.11 Å². The molecule has 0 amide bonds. The molecule has 1 aromatic carbocycles.